The Hall–Kier alpha value is -0.840. The van der Waals surface area contributed by atoms with Crippen molar-refractivity contribution in [2.75, 3.05) is 20.1 Å². The van der Waals surface area contributed by atoms with E-state index < -0.39 is 0 Å². The van der Waals surface area contributed by atoms with Crippen LogP contribution in [0, 0.1) is 6.92 Å². The molecule has 2 rings (SSSR count). The highest BCUT2D eigenvalue weighted by Crippen LogP contribution is 2.24. The molecular weight excluding hydrogens is 256 g/mol. The van der Waals surface area contributed by atoms with Crippen molar-refractivity contribution in [2.24, 2.45) is 0 Å². The summed E-state index contributed by atoms with van der Waals surface area (Å²) < 4.78 is 0. The molecule has 1 atom stereocenters. The lowest BCUT2D eigenvalue weighted by Crippen LogP contribution is -2.15. The van der Waals surface area contributed by atoms with Crippen LogP contribution in [0.5, 0.6) is 0 Å². The summed E-state index contributed by atoms with van der Waals surface area (Å²) in [6.45, 7) is 9.77. The Morgan fingerprint density at radius 2 is 2.26 bits per heavy atom. The molecule has 1 aromatic rings. The average Bonchev–Trinajstić information content (AvgIpc) is 2.66. The van der Waals surface area contributed by atoms with Crippen molar-refractivity contribution in [3.8, 4) is 0 Å². The average molecular weight is 282 g/mol. The standard InChI is InChI=1S/C9H11NS.C5H11NO.CH4/c1-7(2)11-9-8(3)5-4-6-10-9;1-6-3-2-5(7)4-6;/h4-6H,1H2,2-3H3;5,7H,2-4H2,1H3;1H4/t;5-;/m.1./s1. The van der Waals surface area contributed by atoms with Gasteiger partial charge in [-0.1, -0.05) is 31.8 Å². The molecule has 1 fully saturated rings. The van der Waals surface area contributed by atoms with Crippen LogP contribution in [0.3, 0.4) is 0 Å². The molecule has 2 heterocycles. The minimum absolute atomic E-state index is 0. The second kappa shape index (κ2) is 9.13. The van der Waals surface area contributed by atoms with E-state index in [1.165, 1.54) is 5.56 Å². The van der Waals surface area contributed by atoms with Gasteiger partial charge in [-0.3, -0.25) is 0 Å². The number of thioether (sulfide) groups is 1. The zero-order valence-electron chi connectivity index (χ0n) is 11.4. The van der Waals surface area contributed by atoms with Crippen molar-refractivity contribution in [3.05, 3.63) is 35.4 Å². The summed E-state index contributed by atoms with van der Waals surface area (Å²) in [4.78, 5) is 7.43. The summed E-state index contributed by atoms with van der Waals surface area (Å²) in [5.74, 6) is 0. The molecule has 1 saturated heterocycles. The predicted octanol–water partition coefficient (Wildman–Crippen LogP) is 3.33. The Morgan fingerprint density at radius 3 is 2.63 bits per heavy atom. The highest BCUT2D eigenvalue weighted by atomic mass is 32.2. The molecule has 1 N–H and O–H groups in total. The highest BCUT2D eigenvalue weighted by Gasteiger charge is 2.15. The summed E-state index contributed by atoms with van der Waals surface area (Å²) in [5.41, 5.74) is 1.21. The van der Waals surface area contributed by atoms with Crippen LogP contribution in [0.1, 0.15) is 26.3 Å². The molecule has 0 aliphatic carbocycles. The van der Waals surface area contributed by atoms with Crippen LogP contribution in [0.2, 0.25) is 0 Å². The number of aryl methyl sites for hydroxylation is 1. The van der Waals surface area contributed by atoms with E-state index in [4.69, 9.17) is 5.11 Å². The van der Waals surface area contributed by atoms with Gasteiger partial charge in [0.05, 0.1) is 6.10 Å². The van der Waals surface area contributed by atoms with Crippen molar-refractivity contribution >= 4 is 11.8 Å². The van der Waals surface area contributed by atoms with Gasteiger partial charge in [-0.2, -0.15) is 0 Å². The monoisotopic (exact) mass is 282 g/mol. The number of pyridine rings is 1. The number of aromatic nitrogens is 1. The molecule has 0 unspecified atom stereocenters. The van der Waals surface area contributed by atoms with Crippen LogP contribution in [0.25, 0.3) is 0 Å². The third kappa shape index (κ3) is 7.35. The molecule has 3 nitrogen and oxygen atoms in total. The molecule has 0 spiro atoms. The van der Waals surface area contributed by atoms with Crippen LogP contribution in [0.15, 0.2) is 34.8 Å². The summed E-state index contributed by atoms with van der Waals surface area (Å²) in [5, 5.41) is 9.91. The van der Waals surface area contributed by atoms with Crippen LogP contribution in [-0.4, -0.2) is 41.2 Å². The number of β-amino-alcohol motifs (C(OH)–C–C–N with tert-alkyl or cyclic N) is 1. The lowest BCUT2D eigenvalue weighted by Gasteiger charge is -2.02. The third-order valence-electron chi connectivity index (χ3n) is 2.60. The molecule has 1 aliphatic heterocycles. The van der Waals surface area contributed by atoms with E-state index in [0.717, 1.165) is 29.4 Å². The second-order valence-corrected chi connectivity index (χ2v) is 5.92. The number of nitrogens with zero attached hydrogens (tertiary/aromatic N) is 2. The maximum Gasteiger partial charge on any atom is 0.103 e. The Kier molecular flexibility index (Phi) is 8.72. The SMILES string of the molecule is C.C=C(C)Sc1ncccc1C.CN1CC[C@@H](O)C1. The van der Waals surface area contributed by atoms with Gasteiger partial charge in [0.15, 0.2) is 0 Å². The molecule has 0 aromatic carbocycles. The molecule has 0 radical (unpaired) electrons. The van der Waals surface area contributed by atoms with Crippen molar-refractivity contribution < 1.29 is 5.11 Å². The first kappa shape index (κ1) is 18.2. The Morgan fingerprint density at radius 1 is 1.58 bits per heavy atom. The summed E-state index contributed by atoms with van der Waals surface area (Å²) in [7, 11) is 2.02. The van der Waals surface area contributed by atoms with E-state index in [2.05, 4.69) is 29.5 Å². The number of hydrogen-bond acceptors (Lipinski definition) is 4. The molecule has 1 aromatic heterocycles. The largest absolute Gasteiger partial charge is 0.392 e. The number of likely N-dealkylation sites (N-methyl/N-ethyl adjacent to an activating group) is 1. The third-order valence-corrected chi connectivity index (χ3v) is 3.57. The van der Waals surface area contributed by atoms with Gasteiger partial charge in [0.25, 0.3) is 0 Å². The molecule has 4 heteroatoms. The minimum Gasteiger partial charge on any atom is -0.392 e. The zero-order valence-corrected chi connectivity index (χ0v) is 12.2. The van der Waals surface area contributed by atoms with Gasteiger partial charge in [-0.05, 0) is 43.9 Å². The van der Waals surface area contributed by atoms with E-state index >= 15 is 0 Å². The zero-order chi connectivity index (χ0) is 13.5. The lowest BCUT2D eigenvalue weighted by atomic mass is 10.3. The van der Waals surface area contributed by atoms with E-state index in [1.807, 2.05) is 20.0 Å². The fraction of sp³-hybridized carbons (Fsp3) is 0.533. The van der Waals surface area contributed by atoms with Crippen LogP contribution in [-0.2, 0) is 0 Å². The van der Waals surface area contributed by atoms with E-state index in [0.29, 0.717) is 0 Å². The van der Waals surface area contributed by atoms with Crippen molar-refractivity contribution in [1.29, 1.82) is 0 Å². The number of aliphatic hydroxyl groups is 1. The van der Waals surface area contributed by atoms with Crippen LogP contribution >= 0.6 is 11.8 Å². The van der Waals surface area contributed by atoms with Crippen molar-refractivity contribution in [1.82, 2.24) is 9.88 Å². The second-order valence-electron chi connectivity index (χ2n) is 4.63. The van der Waals surface area contributed by atoms with Gasteiger partial charge in [-0.25, -0.2) is 4.98 Å². The lowest BCUT2D eigenvalue weighted by molar-refractivity contribution is 0.183. The number of allylic oxidation sites excluding steroid dienone is 1. The molecular formula is C15H26N2OS. The summed E-state index contributed by atoms with van der Waals surface area (Å²) >= 11 is 1.62. The predicted molar refractivity (Wildman–Crippen MR) is 84.5 cm³/mol. The van der Waals surface area contributed by atoms with Crippen LogP contribution < -0.4 is 0 Å². The summed E-state index contributed by atoms with van der Waals surface area (Å²) in [6.07, 6.45) is 2.71. The minimum atomic E-state index is -0.0509. The first-order valence-corrected chi connectivity index (χ1v) is 6.92. The molecule has 0 amide bonds. The molecule has 1 aliphatic rings. The molecule has 19 heavy (non-hydrogen) atoms. The Balaban J connectivity index is 0.000000352. The van der Waals surface area contributed by atoms with E-state index in [-0.39, 0.29) is 13.5 Å². The maximum atomic E-state index is 8.86. The maximum absolute atomic E-state index is 8.86. The fourth-order valence-corrected chi connectivity index (χ4v) is 2.33. The fourth-order valence-electron chi connectivity index (χ4n) is 1.65. The number of rotatable bonds is 2. The molecule has 0 saturated carbocycles. The smallest absolute Gasteiger partial charge is 0.103 e. The van der Waals surface area contributed by atoms with Gasteiger partial charge in [0.2, 0.25) is 0 Å². The highest BCUT2D eigenvalue weighted by molar-refractivity contribution is 8.03. The molecule has 0 bridgehead atoms. The number of hydrogen-bond donors (Lipinski definition) is 1. The first-order chi connectivity index (χ1) is 8.49. The Bertz CT molecular complexity index is 387. The number of aliphatic hydroxyl groups excluding tert-OH is 1. The van der Waals surface area contributed by atoms with Gasteiger partial charge >= 0.3 is 0 Å². The van der Waals surface area contributed by atoms with E-state index in [1.54, 1.807) is 18.0 Å². The normalized spacial score (nSPS) is 18.2. The quantitative estimate of drug-likeness (QED) is 0.844. The van der Waals surface area contributed by atoms with Gasteiger partial charge in [0, 0.05) is 19.3 Å². The van der Waals surface area contributed by atoms with Gasteiger partial charge in [-0.15, -0.1) is 0 Å². The van der Waals surface area contributed by atoms with Gasteiger partial charge in [0.1, 0.15) is 5.03 Å². The topological polar surface area (TPSA) is 36.4 Å². The molecule has 108 valence electrons. The van der Waals surface area contributed by atoms with Crippen LogP contribution in [0.4, 0.5) is 0 Å². The summed E-state index contributed by atoms with van der Waals surface area (Å²) in [6, 6.07) is 4.00. The van der Waals surface area contributed by atoms with Gasteiger partial charge < -0.3 is 10.0 Å². The van der Waals surface area contributed by atoms with Crippen molar-refractivity contribution in [2.45, 2.75) is 38.8 Å². The first-order valence-electron chi connectivity index (χ1n) is 6.10. The van der Waals surface area contributed by atoms with E-state index in [9.17, 15) is 0 Å². The van der Waals surface area contributed by atoms with Crippen molar-refractivity contribution in [3.63, 3.8) is 0 Å². The number of likely N-dealkylation sites (tertiary alicyclic amines) is 1. The Labute approximate surface area is 121 Å².